The van der Waals surface area contributed by atoms with Gasteiger partial charge < -0.3 is 10.5 Å². The molecule has 1 aromatic rings. The van der Waals surface area contributed by atoms with Crippen molar-refractivity contribution in [3.05, 3.63) is 27.7 Å². The first-order valence-corrected chi connectivity index (χ1v) is 5.50. The number of hydrogen-bond acceptors (Lipinski definition) is 2. The number of nitrogens with two attached hydrogens (primary N) is 1. The van der Waals surface area contributed by atoms with Gasteiger partial charge in [-0.15, -0.1) is 0 Å². The van der Waals surface area contributed by atoms with Crippen LogP contribution >= 0.6 is 15.9 Å². The summed E-state index contributed by atoms with van der Waals surface area (Å²) in [5.41, 5.74) is 8.31. The number of benzene rings is 1. The van der Waals surface area contributed by atoms with Gasteiger partial charge in [-0.1, -0.05) is 22.0 Å². The third-order valence-corrected chi connectivity index (χ3v) is 3.46. The van der Waals surface area contributed by atoms with E-state index in [9.17, 15) is 0 Å². The molecule has 0 bridgehead atoms. The number of rotatable bonds is 2. The fourth-order valence-corrected chi connectivity index (χ4v) is 2.48. The zero-order valence-corrected chi connectivity index (χ0v) is 10.0. The van der Waals surface area contributed by atoms with E-state index < -0.39 is 0 Å². The van der Waals surface area contributed by atoms with E-state index in [0.717, 1.165) is 34.2 Å². The second kappa shape index (κ2) is 3.24. The van der Waals surface area contributed by atoms with Gasteiger partial charge in [-0.05, 0) is 31.4 Å². The monoisotopic (exact) mass is 255 g/mol. The van der Waals surface area contributed by atoms with Crippen LogP contribution in [0.3, 0.4) is 0 Å². The van der Waals surface area contributed by atoms with E-state index in [-0.39, 0.29) is 5.54 Å². The van der Waals surface area contributed by atoms with Gasteiger partial charge in [-0.3, -0.25) is 0 Å². The summed E-state index contributed by atoms with van der Waals surface area (Å²) in [5.74, 6) is 0.930. The van der Waals surface area contributed by atoms with E-state index in [1.54, 1.807) is 7.11 Å². The second-order valence-corrected chi connectivity index (χ2v) is 4.78. The minimum atomic E-state index is -0.157. The molecule has 2 nitrogen and oxygen atoms in total. The van der Waals surface area contributed by atoms with Crippen LogP contribution < -0.4 is 10.5 Å². The fraction of sp³-hybridized carbons (Fsp3) is 0.455. The molecule has 1 fully saturated rings. The van der Waals surface area contributed by atoms with Crippen molar-refractivity contribution in [3.8, 4) is 5.75 Å². The standard InChI is InChI=1S/C11H14BrNO/c1-7-3-4-8(12)9(10(7)14-2)11(13)5-6-11/h3-4H,5-6,13H2,1-2H3. The minimum Gasteiger partial charge on any atom is -0.496 e. The summed E-state index contributed by atoms with van der Waals surface area (Å²) in [6.07, 6.45) is 2.09. The van der Waals surface area contributed by atoms with Crippen LogP contribution in [0.1, 0.15) is 24.0 Å². The van der Waals surface area contributed by atoms with Crippen molar-refractivity contribution in [1.29, 1.82) is 0 Å². The molecule has 0 unspecified atom stereocenters. The molecule has 76 valence electrons. The summed E-state index contributed by atoms with van der Waals surface area (Å²) < 4.78 is 6.47. The molecule has 1 saturated carbocycles. The van der Waals surface area contributed by atoms with Gasteiger partial charge >= 0.3 is 0 Å². The summed E-state index contributed by atoms with van der Waals surface area (Å²) in [6.45, 7) is 2.04. The van der Waals surface area contributed by atoms with Crippen molar-refractivity contribution in [3.63, 3.8) is 0 Å². The lowest BCUT2D eigenvalue weighted by Crippen LogP contribution is -2.20. The van der Waals surface area contributed by atoms with Gasteiger partial charge in [-0.25, -0.2) is 0 Å². The van der Waals surface area contributed by atoms with Crippen molar-refractivity contribution >= 4 is 15.9 Å². The molecular formula is C11H14BrNO. The maximum absolute atomic E-state index is 6.20. The Balaban J connectivity index is 2.60. The largest absolute Gasteiger partial charge is 0.496 e. The second-order valence-electron chi connectivity index (χ2n) is 3.93. The maximum Gasteiger partial charge on any atom is 0.127 e. The van der Waals surface area contributed by atoms with Gasteiger partial charge in [-0.2, -0.15) is 0 Å². The van der Waals surface area contributed by atoms with Crippen LogP contribution in [0, 0.1) is 6.92 Å². The van der Waals surface area contributed by atoms with Crippen LogP contribution in [0.4, 0.5) is 0 Å². The fourth-order valence-electron chi connectivity index (χ4n) is 1.77. The maximum atomic E-state index is 6.20. The molecule has 0 amide bonds. The number of halogens is 1. The van der Waals surface area contributed by atoms with Crippen molar-refractivity contribution in [2.24, 2.45) is 5.73 Å². The minimum absolute atomic E-state index is 0.157. The number of hydrogen-bond donors (Lipinski definition) is 1. The Morgan fingerprint density at radius 3 is 2.57 bits per heavy atom. The summed E-state index contributed by atoms with van der Waals surface area (Å²) in [6, 6.07) is 4.08. The highest BCUT2D eigenvalue weighted by molar-refractivity contribution is 9.10. The molecule has 2 N–H and O–H groups in total. The first-order chi connectivity index (χ1) is 6.58. The Bertz CT molecular complexity index is 372. The molecule has 0 radical (unpaired) electrons. The van der Waals surface area contributed by atoms with E-state index in [4.69, 9.17) is 10.5 Å². The molecule has 1 aliphatic carbocycles. The van der Waals surface area contributed by atoms with Gasteiger partial charge in [0.2, 0.25) is 0 Å². The van der Waals surface area contributed by atoms with Gasteiger partial charge in [0.1, 0.15) is 5.75 Å². The Morgan fingerprint density at radius 2 is 2.07 bits per heavy atom. The van der Waals surface area contributed by atoms with Crippen LogP contribution in [0.2, 0.25) is 0 Å². The van der Waals surface area contributed by atoms with Crippen LogP contribution in [-0.4, -0.2) is 7.11 Å². The van der Waals surface area contributed by atoms with Crippen molar-refractivity contribution in [2.75, 3.05) is 7.11 Å². The van der Waals surface area contributed by atoms with Crippen LogP contribution in [-0.2, 0) is 5.54 Å². The van der Waals surface area contributed by atoms with E-state index in [1.165, 1.54) is 0 Å². The van der Waals surface area contributed by atoms with E-state index in [0.29, 0.717) is 0 Å². The number of aryl methyl sites for hydroxylation is 1. The molecule has 14 heavy (non-hydrogen) atoms. The number of methoxy groups -OCH3 is 1. The normalized spacial score (nSPS) is 18.0. The van der Waals surface area contributed by atoms with Gasteiger partial charge in [0.15, 0.2) is 0 Å². The molecule has 0 spiro atoms. The van der Waals surface area contributed by atoms with Crippen LogP contribution in [0.5, 0.6) is 5.75 Å². The summed E-state index contributed by atoms with van der Waals surface area (Å²) >= 11 is 3.54. The van der Waals surface area contributed by atoms with E-state index >= 15 is 0 Å². The molecule has 1 aromatic carbocycles. The Labute approximate surface area is 92.6 Å². The quantitative estimate of drug-likeness (QED) is 0.882. The lowest BCUT2D eigenvalue weighted by atomic mass is 10.0. The highest BCUT2D eigenvalue weighted by Crippen LogP contribution is 2.50. The van der Waals surface area contributed by atoms with Crippen LogP contribution in [0.15, 0.2) is 16.6 Å². The molecular weight excluding hydrogens is 242 g/mol. The Kier molecular flexibility index (Phi) is 2.32. The van der Waals surface area contributed by atoms with E-state index in [2.05, 4.69) is 15.9 Å². The predicted octanol–water partition coefficient (Wildman–Crippen LogP) is 2.71. The third kappa shape index (κ3) is 1.44. The van der Waals surface area contributed by atoms with Gasteiger partial charge in [0.25, 0.3) is 0 Å². The predicted molar refractivity (Wildman–Crippen MR) is 60.5 cm³/mol. The van der Waals surface area contributed by atoms with Gasteiger partial charge in [0, 0.05) is 15.6 Å². The third-order valence-electron chi connectivity index (χ3n) is 2.79. The van der Waals surface area contributed by atoms with E-state index in [1.807, 2.05) is 19.1 Å². The van der Waals surface area contributed by atoms with Crippen LogP contribution in [0.25, 0.3) is 0 Å². The zero-order valence-electron chi connectivity index (χ0n) is 8.43. The van der Waals surface area contributed by atoms with Crippen molar-refractivity contribution in [2.45, 2.75) is 25.3 Å². The van der Waals surface area contributed by atoms with Gasteiger partial charge in [0.05, 0.1) is 7.11 Å². The summed E-state index contributed by atoms with van der Waals surface area (Å²) in [4.78, 5) is 0. The average molecular weight is 256 g/mol. The molecule has 0 saturated heterocycles. The molecule has 0 aromatic heterocycles. The highest BCUT2D eigenvalue weighted by Gasteiger charge is 2.43. The summed E-state index contributed by atoms with van der Waals surface area (Å²) in [7, 11) is 1.70. The van der Waals surface area contributed by atoms with Crippen molar-refractivity contribution < 1.29 is 4.74 Å². The lowest BCUT2D eigenvalue weighted by molar-refractivity contribution is 0.400. The first kappa shape index (κ1) is 9.99. The molecule has 2 rings (SSSR count). The number of ether oxygens (including phenoxy) is 1. The smallest absolute Gasteiger partial charge is 0.127 e. The first-order valence-electron chi connectivity index (χ1n) is 4.71. The molecule has 0 aliphatic heterocycles. The Hall–Kier alpha value is -0.540. The summed E-state index contributed by atoms with van der Waals surface area (Å²) in [5, 5.41) is 0. The highest BCUT2D eigenvalue weighted by atomic mass is 79.9. The average Bonchev–Trinajstić information content (AvgIpc) is 2.88. The molecule has 3 heteroatoms. The Morgan fingerprint density at radius 1 is 1.43 bits per heavy atom. The molecule has 0 heterocycles. The molecule has 1 aliphatic rings. The lowest BCUT2D eigenvalue weighted by Gasteiger charge is -2.18. The molecule has 0 atom stereocenters. The SMILES string of the molecule is COc1c(C)ccc(Br)c1C1(N)CC1. The van der Waals surface area contributed by atoms with Crippen molar-refractivity contribution in [1.82, 2.24) is 0 Å². The zero-order chi connectivity index (χ0) is 10.3. The topological polar surface area (TPSA) is 35.2 Å².